The number of hydrogen-bond acceptors (Lipinski definition) is 2. The lowest BCUT2D eigenvalue weighted by Gasteiger charge is -2.14. The summed E-state index contributed by atoms with van der Waals surface area (Å²) in [5.41, 5.74) is 3.36. The van der Waals surface area contributed by atoms with Crippen LogP contribution < -0.4 is 0 Å². The fourth-order valence-electron chi connectivity index (χ4n) is 1.94. The number of halogens is 1. The zero-order valence-corrected chi connectivity index (χ0v) is 13.5. The first kappa shape index (κ1) is 14.6. The highest BCUT2D eigenvalue weighted by atomic mass is 79.9. The molecule has 0 aliphatic heterocycles. The third-order valence-corrected chi connectivity index (χ3v) is 4.56. The van der Waals surface area contributed by atoms with Crippen molar-refractivity contribution in [2.45, 2.75) is 24.8 Å². The van der Waals surface area contributed by atoms with Gasteiger partial charge >= 0.3 is 0 Å². The normalized spacial score (nSPS) is 12.4. The Morgan fingerprint density at radius 2 is 1.95 bits per heavy atom. The van der Waals surface area contributed by atoms with Gasteiger partial charge in [0, 0.05) is 15.1 Å². The zero-order valence-electron chi connectivity index (χ0n) is 11.1. The summed E-state index contributed by atoms with van der Waals surface area (Å²) in [5.74, 6) is 0.667. The number of aliphatic hydroxyl groups excluding tert-OH is 1. The number of rotatable bonds is 4. The van der Waals surface area contributed by atoms with Gasteiger partial charge in [0.15, 0.2) is 0 Å². The van der Waals surface area contributed by atoms with Crippen molar-refractivity contribution in [2.75, 3.05) is 5.75 Å². The van der Waals surface area contributed by atoms with Gasteiger partial charge in [-0.25, -0.2) is 0 Å². The number of benzene rings is 2. The van der Waals surface area contributed by atoms with E-state index in [9.17, 15) is 5.11 Å². The molecule has 0 aliphatic rings. The molecule has 0 amide bonds. The van der Waals surface area contributed by atoms with Gasteiger partial charge in [0.1, 0.15) is 0 Å². The van der Waals surface area contributed by atoms with Crippen LogP contribution in [0.15, 0.2) is 51.8 Å². The monoisotopic (exact) mass is 336 g/mol. The largest absolute Gasteiger partial charge is 0.388 e. The lowest BCUT2D eigenvalue weighted by atomic mass is 10.0. The Kier molecular flexibility index (Phi) is 5.08. The van der Waals surface area contributed by atoms with Crippen LogP contribution in [0.3, 0.4) is 0 Å². The molecule has 0 saturated heterocycles. The number of aryl methyl sites for hydroxylation is 2. The van der Waals surface area contributed by atoms with E-state index < -0.39 is 6.10 Å². The van der Waals surface area contributed by atoms with Gasteiger partial charge in [0.05, 0.1) is 6.10 Å². The predicted molar refractivity (Wildman–Crippen MR) is 85.7 cm³/mol. The highest BCUT2D eigenvalue weighted by Crippen LogP contribution is 2.28. The van der Waals surface area contributed by atoms with E-state index in [2.05, 4.69) is 53.2 Å². The molecule has 1 nitrogen and oxygen atoms in total. The van der Waals surface area contributed by atoms with Crippen LogP contribution in [0.2, 0.25) is 0 Å². The van der Waals surface area contributed by atoms with Gasteiger partial charge in [0.25, 0.3) is 0 Å². The summed E-state index contributed by atoms with van der Waals surface area (Å²) in [4.78, 5) is 1.17. The van der Waals surface area contributed by atoms with E-state index in [-0.39, 0.29) is 0 Å². The predicted octanol–water partition coefficient (Wildman–Crippen LogP) is 4.89. The van der Waals surface area contributed by atoms with Gasteiger partial charge in [-0.1, -0.05) is 45.8 Å². The van der Waals surface area contributed by atoms with Crippen LogP contribution in [-0.2, 0) is 0 Å². The average molecular weight is 337 g/mol. The van der Waals surface area contributed by atoms with E-state index in [0.717, 1.165) is 15.6 Å². The van der Waals surface area contributed by atoms with Crippen LogP contribution >= 0.6 is 27.7 Å². The topological polar surface area (TPSA) is 20.2 Å². The van der Waals surface area contributed by atoms with Gasteiger partial charge in [0.2, 0.25) is 0 Å². The molecule has 2 aromatic carbocycles. The Morgan fingerprint density at radius 3 is 2.68 bits per heavy atom. The maximum atomic E-state index is 10.3. The molecule has 0 aromatic heterocycles. The fourth-order valence-corrected chi connectivity index (χ4v) is 3.41. The van der Waals surface area contributed by atoms with Crippen LogP contribution in [-0.4, -0.2) is 10.9 Å². The number of aliphatic hydroxyl groups is 1. The first-order chi connectivity index (χ1) is 9.06. The first-order valence-electron chi connectivity index (χ1n) is 6.20. The summed E-state index contributed by atoms with van der Waals surface area (Å²) in [6.45, 7) is 4.10. The van der Waals surface area contributed by atoms with E-state index in [4.69, 9.17) is 0 Å². The molecule has 1 N–H and O–H groups in total. The third kappa shape index (κ3) is 4.10. The first-order valence-corrected chi connectivity index (χ1v) is 7.97. The summed E-state index contributed by atoms with van der Waals surface area (Å²) < 4.78 is 1.07. The van der Waals surface area contributed by atoms with E-state index in [0.29, 0.717) is 5.75 Å². The van der Waals surface area contributed by atoms with Gasteiger partial charge in [-0.3, -0.25) is 0 Å². The van der Waals surface area contributed by atoms with Gasteiger partial charge < -0.3 is 5.11 Å². The molecule has 1 atom stereocenters. The molecule has 0 fully saturated rings. The van der Waals surface area contributed by atoms with Gasteiger partial charge in [-0.2, -0.15) is 0 Å². The standard InChI is InChI=1S/C16H17BrOS/c1-11-6-7-12(2)15(8-11)16(18)10-19-14-5-3-4-13(17)9-14/h3-9,16,18H,10H2,1-2H3. The maximum Gasteiger partial charge on any atom is 0.0886 e. The minimum Gasteiger partial charge on any atom is -0.388 e. The highest BCUT2D eigenvalue weighted by molar-refractivity contribution is 9.10. The molecule has 100 valence electrons. The molecule has 1 unspecified atom stereocenters. The lowest BCUT2D eigenvalue weighted by Crippen LogP contribution is -2.03. The van der Waals surface area contributed by atoms with Gasteiger partial charge in [-0.05, 0) is 43.2 Å². The van der Waals surface area contributed by atoms with Crippen molar-refractivity contribution in [3.8, 4) is 0 Å². The van der Waals surface area contributed by atoms with Crippen molar-refractivity contribution >= 4 is 27.7 Å². The second kappa shape index (κ2) is 6.60. The van der Waals surface area contributed by atoms with E-state index in [1.54, 1.807) is 11.8 Å². The Labute approximate surface area is 127 Å². The molecule has 0 saturated carbocycles. The van der Waals surface area contributed by atoms with Crippen LogP contribution in [0, 0.1) is 13.8 Å². The maximum absolute atomic E-state index is 10.3. The van der Waals surface area contributed by atoms with E-state index in [1.807, 2.05) is 19.1 Å². The summed E-state index contributed by atoms with van der Waals surface area (Å²) in [7, 11) is 0. The molecule has 3 heteroatoms. The molecule has 2 aromatic rings. The lowest BCUT2D eigenvalue weighted by molar-refractivity contribution is 0.203. The molecule has 0 aliphatic carbocycles. The van der Waals surface area contributed by atoms with Crippen molar-refractivity contribution in [1.82, 2.24) is 0 Å². The van der Waals surface area contributed by atoms with Gasteiger partial charge in [-0.15, -0.1) is 11.8 Å². The molecule has 0 spiro atoms. The number of hydrogen-bond donors (Lipinski definition) is 1. The van der Waals surface area contributed by atoms with E-state index in [1.165, 1.54) is 10.5 Å². The molecular weight excluding hydrogens is 320 g/mol. The Balaban J connectivity index is 2.05. The summed E-state index contributed by atoms with van der Waals surface area (Å²) >= 11 is 5.13. The molecule has 0 heterocycles. The molecular formula is C16H17BrOS. The minimum atomic E-state index is -0.427. The van der Waals surface area contributed by atoms with Crippen LogP contribution in [0.4, 0.5) is 0 Å². The molecule has 0 bridgehead atoms. The average Bonchev–Trinajstić information content (AvgIpc) is 2.39. The second-order valence-corrected chi connectivity index (χ2v) is 6.65. The SMILES string of the molecule is Cc1ccc(C)c(C(O)CSc2cccc(Br)c2)c1. The smallest absolute Gasteiger partial charge is 0.0886 e. The quantitative estimate of drug-likeness (QED) is 0.802. The second-order valence-electron chi connectivity index (χ2n) is 4.64. The highest BCUT2D eigenvalue weighted by Gasteiger charge is 2.11. The third-order valence-electron chi connectivity index (χ3n) is 3.00. The van der Waals surface area contributed by atoms with Crippen LogP contribution in [0.5, 0.6) is 0 Å². The Hall–Kier alpha value is -0.770. The summed E-state index contributed by atoms with van der Waals surface area (Å²) in [6.07, 6.45) is -0.427. The summed E-state index contributed by atoms with van der Waals surface area (Å²) in [6, 6.07) is 14.4. The van der Waals surface area contributed by atoms with Crippen molar-refractivity contribution in [3.63, 3.8) is 0 Å². The Morgan fingerprint density at radius 1 is 1.16 bits per heavy atom. The molecule has 2 rings (SSSR count). The minimum absolute atomic E-state index is 0.427. The Bertz CT molecular complexity index is 568. The van der Waals surface area contributed by atoms with Crippen LogP contribution in [0.1, 0.15) is 22.8 Å². The van der Waals surface area contributed by atoms with Crippen molar-refractivity contribution < 1.29 is 5.11 Å². The zero-order chi connectivity index (χ0) is 13.8. The summed E-state index contributed by atoms with van der Waals surface area (Å²) in [5, 5.41) is 10.3. The van der Waals surface area contributed by atoms with Crippen molar-refractivity contribution in [1.29, 1.82) is 0 Å². The van der Waals surface area contributed by atoms with Crippen LogP contribution in [0.25, 0.3) is 0 Å². The molecule has 19 heavy (non-hydrogen) atoms. The van der Waals surface area contributed by atoms with E-state index >= 15 is 0 Å². The number of thioether (sulfide) groups is 1. The van der Waals surface area contributed by atoms with Crippen molar-refractivity contribution in [3.05, 3.63) is 63.6 Å². The van der Waals surface area contributed by atoms with Crippen molar-refractivity contribution in [2.24, 2.45) is 0 Å². The fraction of sp³-hybridized carbons (Fsp3) is 0.250. The molecule has 0 radical (unpaired) electrons.